The summed E-state index contributed by atoms with van der Waals surface area (Å²) >= 11 is 0. The lowest BCUT2D eigenvalue weighted by molar-refractivity contribution is 0.599. The quantitative estimate of drug-likeness (QED) is 0.709. The lowest BCUT2D eigenvalue weighted by Gasteiger charge is -2.16. The fourth-order valence-corrected chi connectivity index (χ4v) is 1.47. The van der Waals surface area contributed by atoms with E-state index in [1.807, 2.05) is 13.0 Å². The van der Waals surface area contributed by atoms with Gasteiger partial charge < -0.3 is 0 Å². The van der Waals surface area contributed by atoms with Crippen molar-refractivity contribution in [3.63, 3.8) is 0 Å². The maximum atomic E-state index is 11.2. The van der Waals surface area contributed by atoms with Crippen molar-refractivity contribution in [3.8, 4) is 0 Å². The molecule has 72 valence electrons. The van der Waals surface area contributed by atoms with Crippen LogP contribution in [0.1, 0.15) is 5.56 Å². The monoisotopic (exact) mass is 200 g/mol. The molecule has 1 aromatic heterocycles. The maximum Gasteiger partial charge on any atom is 0.233 e. The fourth-order valence-electron chi connectivity index (χ4n) is 0.964. The molecule has 13 heavy (non-hydrogen) atoms. The highest BCUT2D eigenvalue weighted by molar-refractivity contribution is 7.92. The van der Waals surface area contributed by atoms with Gasteiger partial charge >= 0.3 is 0 Å². The molecule has 4 nitrogen and oxygen atoms in total. The van der Waals surface area contributed by atoms with E-state index in [0.717, 1.165) is 11.8 Å². The zero-order chi connectivity index (χ0) is 10.1. The standard InChI is InChI=1S/C8H12N2O2S/c1-7-5-4-6-9-8(7)10(2)13(3,11)12/h4-6H,1-3H3. The van der Waals surface area contributed by atoms with Crippen molar-refractivity contribution < 1.29 is 8.42 Å². The number of hydrogen-bond donors (Lipinski definition) is 0. The normalized spacial score (nSPS) is 11.3. The van der Waals surface area contributed by atoms with Crippen molar-refractivity contribution in [2.75, 3.05) is 17.6 Å². The number of hydrogen-bond acceptors (Lipinski definition) is 3. The lowest BCUT2D eigenvalue weighted by Crippen LogP contribution is -2.26. The zero-order valence-electron chi connectivity index (χ0n) is 7.85. The molecule has 0 aromatic carbocycles. The third-order valence-corrected chi connectivity index (χ3v) is 2.95. The summed E-state index contributed by atoms with van der Waals surface area (Å²) in [6.45, 7) is 1.82. The molecule has 0 atom stereocenters. The molecule has 0 aliphatic heterocycles. The Kier molecular flexibility index (Phi) is 2.56. The Morgan fingerprint density at radius 3 is 2.54 bits per heavy atom. The summed E-state index contributed by atoms with van der Waals surface area (Å²) in [4.78, 5) is 3.99. The van der Waals surface area contributed by atoms with Gasteiger partial charge in [0.1, 0.15) is 5.82 Å². The molecule has 0 N–H and O–H groups in total. The summed E-state index contributed by atoms with van der Waals surface area (Å²) in [6.07, 6.45) is 2.73. The van der Waals surface area contributed by atoms with E-state index in [-0.39, 0.29) is 0 Å². The summed E-state index contributed by atoms with van der Waals surface area (Å²) < 4.78 is 23.5. The molecular weight excluding hydrogens is 188 g/mol. The van der Waals surface area contributed by atoms with Gasteiger partial charge in [0.15, 0.2) is 0 Å². The second-order valence-electron chi connectivity index (χ2n) is 2.87. The van der Waals surface area contributed by atoms with E-state index in [1.54, 1.807) is 12.3 Å². The van der Waals surface area contributed by atoms with Gasteiger partial charge in [0.2, 0.25) is 10.0 Å². The van der Waals surface area contributed by atoms with Crippen molar-refractivity contribution in [1.29, 1.82) is 0 Å². The minimum Gasteiger partial charge on any atom is -0.257 e. The van der Waals surface area contributed by atoms with Crippen LogP contribution in [-0.2, 0) is 10.0 Å². The number of sulfonamides is 1. The van der Waals surface area contributed by atoms with Gasteiger partial charge in [0, 0.05) is 13.2 Å². The van der Waals surface area contributed by atoms with Crippen LogP contribution < -0.4 is 4.31 Å². The molecular formula is C8H12N2O2S. The summed E-state index contributed by atoms with van der Waals surface area (Å²) in [5.41, 5.74) is 0.843. The lowest BCUT2D eigenvalue weighted by atomic mass is 10.3. The first kappa shape index (κ1) is 9.98. The minimum atomic E-state index is -3.21. The number of nitrogens with zero attached hydrogens (tertiary/aromatic N) is 2. The highest BCUT2D eigenvalue weighted by Crippen LogP contribution is 2.16. The Morgan fingerprint density at radius 1 is 1.46 bits per heavy atom. The minimum absolute atomic E-state index is 0.477. The van der Waals surface area contributed by atoms with E-state index >= 15 is 0 Å². The number of pyridine rings is 1. The van der Waals surface area contributed by atoms with Crippen LogP contribution in [0.5, 0.6) is 0 Å². The Bertz CT molecular complexity index is 400. The molecule has 1 rings (SSSR count). The molecule has 0 saturated heterocycles. The topological polar surface area (TPSA) is 50.3 Å². The molecule has 0 fully saturated rings. The summed E-state index contributed by atoms with van der Waals surface area (Å²) in [7, 11) is -1.72. The summed E-state index contributed by atoms with van der Waals surface area (Å²) in [5.74, 6) is 0.477. The Labute approximate surface area is 78.3 Å². The maximum absolute atomic E-state index is 11.2. The molecule has 0 bridgehead atoms. The van der Waals surface area contributed by atoms with Crippen molar-refractivity contribution in [2.24, 2.45) is 0 Å². The van der Waals surface area contributed by atoms with E-state index in [0.29, 0.717) is 5.82 Å². The van der Waals surface area contributed by atoms with E-state index in [2.05, 4.69) is 4.98 Å². The number of anilines is 1. The first-order valence-corrected chi connectivity index (χ1v) is 5.63. The van der Waals surface area contributed by atoms with Crippen LogP contribution in [-0.4, -0.2) is 26.7 Å². The summed E-state index contributed by atoms with van der Waals surface area (Å²) in [5, 5.41) is 0. The van der Waals surface area contributed by atoms with Crippen LogP contribution in [0, 0.1) is 6.92 Å². The van der Waals surface area contributed by atoms with E-state index < -0.39 is 10.0 Å². The van der Waals surface area contributed by atoms with Crippen LogP contribution in [0.15, 0.2) is 18.3 Å². The Morgan fingerprint density at radius 2 is 2.08 bits per heavy atom. The first-order valence-electron chi connectivity index (χ1n) is 3.78. The van der Waals surface area contributed by atoms with Gasteiger partial charge in [-0.25, -0.2) is 13.4 Å². The molecule has 0 saturated carbocycles. The van der Waals surface area contributed by atoms with Crippen LogP contribution in [0.3, 0.4) is 0 Å². The van der Waals surface area contributed by atoms with Crippen molar-refractivity contribution >= 4 is 15.8 Å². The number of aromatic nitrogens is 1. The van der Waals surface area contributed by atoms with Gasteiger partial charge in [-0.1, -0.05) is 6.07 Å². The first-order chi connectivity index (χ1) is 5.93. The highest BCUT2D eigenvalue weighted by atomic mass is 32.2. The number of rotatable bonds is 2. The molecule has 5 heteroatoms. The Hall–Kier alpha value is -1.10. The van der Waals surface area contributed by atoms with Gasteiger partial charge in [0.25, 0.3) is 0 Å². The van der Waals surface area contributed by atoms with Gasteiger partial charge in [-0.05, 0) is 18.6 Å². The largest absolute Gasteiger partial charge is 0.257 e. The molecule has 0 radical (unpaired) electrons. The molecule has 0 unspecified atom stereocenters. The molecule has 1 aromatic rings. The van der Waals surface area contributed by atoms with Crippen LogP contribution >= 0.6 is 0 Å². The molecule has 0 aliphatic rings. The van der Waals surface area contributed by atoms with Crippen molar-refractivity contribution in [1.82, 2.24) is 4.98 Å². The van der Waals surface area contributed by atoms with E-state index in [1.165, 1.54) is 11.4 Å². The van der Waals surface area contributed by atoms with Crippen LogP contribution in [0.2, 0.25) is 0 Å². The second kappa shape index (κ2) is 3.33. The van der Waals surface area contributed by atoms with Crippen LogP contribution in [0.25, 0.3) is 0 Å². The third kappa shape index (κ3) is 2.18. The fraction of sp³-hybridized carbons (Fsp3) is 0.375. The predicted molar refractivity (Wildman–Crippen MR) is 52.2 cm³/mol. The molecule has 0 spiro atoms. The average Bonchev–Trinajstić information content (AvgIpc) is 2.02. The Balaban J connectivity index is 3.17. The summed E-state index contributed by atoms with van der Waals surface area (Å²) in [6, 6.07) is 3.60. The number of aryl methyl sites for hydroxylation is 1. The zero-order valence-corrected chi connectivity index (χ0v) is 8.67. The van der Waals surface area contributed by atoms with Gasteiger partial charge in [-0.2, -0.15) is 0 Å². The molecule has 0 amide bonds. The van der Waals surface area contributed by atoms with Crippen molar-refractivity contribution in [2.45, 2.75) is 6.92 Å². The van der Waals surface area contributed by atoms with E-state index in [9.17, 15) is 8.42 Å². The van der Waals surface area contributed by atoms with Crippen molar-refractivity contribution in [3.05, 3.63) is 23.9 Å². The van der Waals surface area contributed by atoms with Gasteiger partial charge in [-0.15, -0.1) is 0 Å². The highest BCUT2D eigenvalue weighted by Gasteiger charge is 2.14. The van der Waals surface area contributed by atoms with Gasteiger partial charge in [0.05, 0.1) is 6.26 Å². The third-order valence-electron chi connectivity index (χ3n) is 1.78. The van der Waals surface area contributed by atoms with Gasteiger partial charge in [-0.3, -0.25) is 4.31 Å². The second-order valence-corrected chi connectivity index (χ2v) is 4.89. The van der Waals surface area contributed by atoms with Crippen LogP contribution in [0.4, 0.5) is 5.82 Å². The smallest absolute Gasteiger partial charge is 0.233 e. The average molecular weight is 200 g/mol. The molecule has 1 heterocycles. The van der Waals surface area contributed by atoms with E-state index in [4.69, 9.17) is 0 Å². The predicted octanol–water partition coefficient (Wildman–Crippen LogP) is 0.786. The SMILES string of the molecule is Cc1cccnc1N(C)S(C)(=O)=O. The molecule has 0 aliphatic carbocycles.